The highest BCUT2D eigenvalue weighted by Gasteiger charge is 2.13. The van der Waals surface area contributed by atoms with Gasteiger partial charge in [-0.2, -0.15) is 0 Å². The number of carbonyl (C=O) groups excluding carboxylic acids is 1. The number of amides is 1. The van der Waals surface area contributed by atoms with Gasteiger partial charge in [0.25, 0.3) is 5.91 Å². The fourth-order valence-electron chi connectivity index (χ4n) is 1.49. The van der Waals surface area contributed by atoms with Gasteiger partial charge in [-0.3, -0.25) is 4.79 Å². The van der Waals surface area contributed by atoms with E-state index in [-0.39, 0.29) is 5.91 Å². The maximum Gasteiger partial charge on any atom is 0.253 e. The molecule has 0 spiro atoms. The Hall–Kier alpha value is -1.06. The standard InChI is InChI=1S/C12H17ClN2O/c1-2-15(8-4-7-14)12(16)10-5-3-6-11(13)9-10/h3,5-6,9H,2,4,7-8,14H2,1H3. The topological polar surface area (TPSA) is 46.3 Å². The fraction of sp³-hybridized carbons (Fsp3) is 0.417. The van der Waals surface area contributed by atoms with Gasteiger partial charge in [-0.05, 0) is 38.1 Å². The molecule has 4 heteroatoms. The van der Waals surface area contributed by atoms with Crippen molar-refractivity contribution < 1.29 is 4.79 Å². The molecule has 1 aromatic rings. The van der Waals surface area contributed by atoms with Crippen molar-refractivity contribution >= 4 is 17.5 Å². The molecule has 0 aromatic heterocycles. The first-order chi connectivity index (χ1) is 7.69. The van der Waals surface area contributed by atoms with Crippen LogP contribution in [0.4, 0.5) is 0 Å². The van der Waals surface area contributed by atoms with E-state index in [1.807, 2.05) is 6.92 Å². The summed E-state index contributed by atoms with van der Waals surface area (Å²) in [7, 11) is 0. The number of nitrogens with two attached hydrogens (primary N) is 1. The van der Waals surface area contributed by atoms with Crippen molar-refractivity contribution in [1.29, 1.82) is 0 Å². The van der Waals surface area contributed by atoms with E-state index in [0.29, 0.717) is 30.2 Å². The van der Waals surface area contributed by atoms with Crippen LogP contribution in [0.25, 0.3) is 0 Å². The van der Waals surface area contributed by atoms with Crippen LogP contribution >= 0.6 is 11.6 Å². The van der Waals surface area contributed by atoms with E-state index in [0.717, 1.165) is 6.42 Å². The highest BCUT2D eigenvalue weighted by Crippen LogP contribution is 2.12. The number of rotatable bonds is 5. The summed E-state index contributed by atoms with van der Waals surface area (Å²) in [6.07, 6.45) is 0.820. The molecule has 1 amide bonds. The van der Waals surface area contributed by atoms with Crippen LogP contribution in [-0.4, -0.2) is 30.4 Å². The lowest BCUT2D eigenvalue weighted by Gasteiger charge is -2.20. The van der Waals surface area contributed by atoms with Gasteiger partial charge in [-0.25, -0.2) is 0 Å². The molecule has 0 bridgehead atoms. The highest BCUT2D eigenvalue weighted by molar-refractivity contribution is 6.30. The number of benzene rings is 1. The fourth-order valence-corrected chi connectivity index (χ4v) is 1.68. The second kappa shape index (κ2) is 6.51. The van der Waals surface area contributed by atoms with Crippen LogP contribution in [0.3, 0.4) is 0 Å². The van der Waals surface area contributed by atoms with Gasteiger partial charge < -0.3 is 10.6 Å². The Morgan fingerprint density at radius 3 is 2.81 bits per heavy atom. The average Bonchev–Trinajstić information content (AvgIpc) is 2.29. The lowest BCUT2D eigenvalue weighted by molar-refractivity contribution is 0.0763. The van der Waals surface area contributed by atoms with Crippen molar-refractivity contribution in [1.82, 2.24) is 4.90 Å². The number of hydrogen-bond acceptors (Lipinski definition) is 2. The summed E-state index contributed by atoms with van der Waals surface area (Å²) in [4.78, 5) is 13.8. The summed E-state index contributed by atoms with van der Waals surface area (Å²) in [6, 6.07) is 7.01. The third-order valence-corrected chi connectivity index (χ3v) is 2.61. The Bertz CT molecular complexity index is 355. The van der Waals surface area contributed by atoms with Crippen LogP contribution < -0.4 is 5.73 Å². The van der Waals surface area contributed by atoms with Gasteiger partial charge >= 0.3 is 0 Å². The minimum atomic E-state index is 0.0125. The molecule has 0 atom stereocenters. The molecular weight excluding hydrogens is 224 g/mol. The van der Waals surface area contributed by atoms with Crippen molar-refractivity contribution in [2.24, 2.45) is 5.73 Å². The van der Waals surface area contributed by atoms with E-state index in [4.69, 9.17) is 17.3 Å². The number of halogens is 1. The van der Waals surface area contributed by atoms with Crippen LogP contribution in [0.15, 0.2) is 24.3 Å². The summed E-state index contributed by atoms with van der Waals surface area (Å²) in [5, 5.41) is 0.584. The van der Waals surface area contributed by atoms with Crippen LogP contribution in [-0.2, 0) is 0 Å². The molecule has 0 aliphatic carbocycles. The van der Waals surface area contributed by atoms with Gasteiger partial charge in [0.1, 0.15) is 0 Å². The molecule has 0 fully saturated rings. The number of hydrogen-bond donors (Lipinski definition) is 1. The van der Waals surface area contributed by atoms with E-state index in [2.05, 4.69) is 0 Å². The minimum Gasteiger partial charge on any atom is -0.339 e. The Morgan fingerprint density at radius 2 is 2.25 bits per heavy atom. The minimum absolute atomic E-state index is 0.0125. The summed E-state index contributed by atoms with van der Waals surface area (Å²) >= 11 is 5.85. The lowest BCUT2D eigenvalue weighted by Crippen LogP contribution is -2.32. The van der Waals surface area contributed by atoms with Gasteiger partial charge in [0.05, 0.1) is 0 Å². The molecule has 88 valence electrons. The highest BCUT2D eigenvalue weighted by atomic mass is 35.5. The molecule has 1 aromatic carbocycles. The zero-order valence-electron chi connectivity index (χ0n) is 9.45. The third-order valence-electron chi connectivity index (χ3n) is 2.37. The molecular formula is C12H17ClN2O. The molecule has 0 aliphatic heterocycles. The molecule has 16 heavy (non-hydrogen) atoms. The van der Waals surface area contributed by atoms with Crippen molar-refractivity contribution in [2.45, 2.75) is 13.3 Å². The van der Waals surface area contributed by atoms with Crippen LogP contribution in [0.2, 0.25) is 5.02 Å². The van der Waals surface area contributed by atoms with E-state index in [1.54, 1.807) is 29.2 Å². The molecule has 0 aliphatic rings. The van der Waals surface area contributed by atoms with Crippen LogP contribution in [0.1, 0.15) is 23.7 Å². The van der Waals surface area contributed by atoms with Gasteiger partial charge in [0, 0.05) is 23.7 Å². The smallest absolute Gasteiger partial charge is 0.253 e. The van der Waals surface area contributed by atoms with Crippen molar-refractivity contribution in [3.05, 3.63) is 34.9 Å². The Kier molecular flexibility index (Phi) is 5.29. The summed E-state index contributed by atoms with van der Waals surface area (Å²) in [5.41, 5.74) is 6.07. The first kappa shape index (κ1) is 13.0. The first-order valence-electron chi connectivity index (χ1n) is 5.44. The normalized spacial score (nSPS) is 10.2. The predicted octanol–water partition coefficient (Wildman–Crippen LogP) is 2.15. The Morgan fingerprint density at radius 1 is 1.50 bits per heavy atom. The van der Waals surface area contributed by atoms with Crippen LogP contribution in [0, 0.1) is 0 Å². The zero-order chi connectivity index (χ0) is 12.0. The lowest BCUT2D eigenvalue weighted by atomic mass is 10.2. The van der Waals surface area contributed by atoms with E-state index < -0.39 is 0 Å². The van der Waals surface area contributed by atoms with E-state index in [1.165, 1.54) is 0 Å². The predicted molar refractivity (Wildman–Crippen MR) is 66.7 cm³/mol. The molecule has 0 unspecified atom stereocenters. The SMILES string of the molecule is CCN(CCCN)C(=O)c1cccc(Cl)c1. The first-order valence-corrected chi connectivity index (χ1v) is 5.81. The van der Waals surface area contributed by atoms with E-state index in [9.17, 15) is 4.79 Å². The van der Waals surface area contributed by atoms with Crippen molar-refractivity contribution in [2.75, 3.05) is 19.6 Å². The molecule has 3 nitrogen and oxygen atoms in total. The van der Waals surface area contributed by atoms with Gasteiger partial charge in [0.2, 0.25) is 0 Å². The summed E-state index contributed by atoms with van der Waals surface area (Å²) in [6.45, 7) is 3.93. The number of nitrogens with zero attached hydrogens (tertiary/aromatic N) is 1. The summed E-state index contributed by atoms with van der Waals surface area (Å²) in [5.74, 6) is 0.0125. The second-order valence-electron chi connectivity index (χ2n) is 3.54. The average molecular weight is 241 g/mol. The molecule has 0 radical (unpaired) electrons. The molecule has 0 heterocycles. The van der Waals surface area contributed by atoms with Crippen LogP contribution in [0.5, 0.6) is 0 Å². The quantitative estimate of drug-likeness (QED) is 0.857. The van der Waals surface area contributed by atoms with Crippen molar-refractivity contribution in [3.8, 4) is 0 Å². The maximum absolute atomic E-state index is 12.1. The summed E-state index contributed by atoms with van der Waals surface area (Å²) < 4.78 is 0. The van der Waals surface area contributed by atoms with Gasteiger partial charge in [-0.1, -0.05) is 17.7 Å². The Balaban J connectivity index is 2.74. The molecule has 0 saturated heterocycles. The third kappa shape index (κ3) is 3.51. The second-order valence-corrected chi connectivity index (χ2v) is 3.97. The Labute approximate surface area is 101 Å². The van der Waals surface area contributed by atoms with Gasteiger partial charge in [-0.15, -0.1) is 0 Å². The monoisotopic (exact) mass is 240 g/mol. The molecule has 0 saturated carbocycles. The zero-order valence-corrected chi connectivity index (χ0v) is 10.2. The van der Waals surface area contributed by atoms with E-state index >= 15 is 0 Å². The molecule has 2 N–H and O–H groups in total. The largest absolute Gasteiger partial charge is 0.339 e. The maximum atomic E-state index is 12.1. The molecule has 1 rings (SSSR count). The van der Waals surface area contributed by atoms with Gasteiger partial charge in [0.15, 0.2) is 0 Å². The van der Waals surface area contributed by atoms with Crippen molar-refractivity contribution in [3.63, 3.8) is 0 Å². The number of carbonyl (C=O) groups is 1.